The van der Waals surface area contributed by atoms with E-state index in [9.17, 15) is 4.79 Å². The first kappa shape index (κ1) is 13.4. The van der Waals surface area contributed by atoms with Crippen LogP contribution in [0.4, 0.5) is 4.79 Å². The van der Waals surface area contributed by atoms with Gasteiger partial charge in [-0.15, -0.1) is 0 Å². The molecule has 2 aliphatic rings. The largest absolute Gasteiger partial charge is 0.376 e. The minimum absolute atomic E-state index is 0.0558. The van der Waals surface area contributed by atoms with Crippen molar-refractivity contribution in [2.45, 2.75) is 39.5 Å². The molecular weight excluding hydrogens is 252 g/mol. The fourth-order valence-electron chi connectivity index (χ4n) is 3.00. The molecule has 1 N–H and O–H groups in total. The Hall–Kier alpha value is -1.55. The molecule has 1 fully saturated rings. The Morgan fingerprint density at radius 3 is 3.05 bits per heavy atom. The Kier molecular flexibility index (Phi) is 3.66. The van der Waals surface area contributed by atoms with Gasteiger partial charge in [-0.25, -0.2) is 4.79 Å². The summed E-state index contributed by atoms with van der Waals surface area (Å²) in [6.45, 7) is 7.24. The highest BCUT2D eigenvalue weighted by atomic mass is 16.5. The summed E-state index contributed by atoms with van der Waals surface area (Å²) in [5, 5.41) is 3.05. The quantitative estimate of drug-likeness (QED) is 0.899. The van der Waals surface area contributed by atoms with Crippen molar-refractivity contribution in [3.05, 3.63) is 34.9 Å². The summed E-state index contributed by atoms with van der Waals surface area (Å²) in [5.41, 5.74) is 3.83. The van der Waals surface area contributed by atoms with Gasteiger partial charge in [-0.2, -0.15) is 0 Å². The lowest BCUT2D eigenvalue weighted by molar-refractivity contribution is 0.0713. The average molecular weight is 274 g/mol. The molecule has 0 saturated carbocycles. The summed E-state index contributed by atoms with van der Waals surface area (Å²) in [4.78, 5) is 14.0. The van der Waals surface area contributed by atoms with Crippen molar-refractivity contribution in [3.8, 4) is 0 Å². The zero-order chi connectivity index (χ0) is 14.1. The molecular formula is C16H22N2O2. The minimum atomic E-state index is 0.0558. The van der Waals surface area contributed by atoms with Gasteiger partial charge in [0.25, 0.3) is 0 Å². The molecule has 4 heteroatoms. The molecule has 2 atom stereocenters. The van der Waals surface area contributed by atoms with Gasteiger partial charge in [-0.05, 0) is 36.0 Å². The van der Waals surface area contributed by atoms with Gasteiger partial charge < -0.3 is 15.0 Å². The molecule has 2 heterocycles. The van der Waals surface area contributed by atoms with Crippen molar-refractivity contribution in [2.24, 2.45) is 5.92 Å². The lowest BCUT2D eigenvalue weighted by Gasteiger charge is -2.44. The fraction of sp³-hybridized carbons (Fsp3) is 0.562. The van der Waals surface area contributed by atoms with Crippen LogP contribution in [0.3, 0.4) is 0 Å². The summed E-state index contributed by atoms with van der Waals surface area (Å²) < 4.78 is 5.47. The Morgan fingerprint density at radius 2 is 2.30 bits per heavy atom. The van der Waals surface area contributed by atoms with Crippen LogP contribution in [-0.4, -0.2) is 30.1 Å². The van der Waals surface area contributed by atoms with Gasteiger partial charge in [0.1, 0.15) is 0 Å². The molecule has 20 heavy (non-hydrogen) atoms. The van der Waals surface area contributed by atoms with Crippen LogP contribution < -0.4 is 5.32 Å². The summed E-state index contributed by atoms with van der Waals surface area (Å²) in [6.07, 6.45) is 0.943. The molecule has 0 aromatic heterocycles. The highest BCUT2D eigenvalue weighted by Gasteiger charge is 2.35. The van der Waals surface area contributed by atoms with Crippen LogP contribution in [0, 0.1) is 5.92 Å². The Balaban J connectivity index is 1.63. The number of fused-ring (bicyclic) bond motifs is 1. The average Bonchev–Trinajstić information content (AvgIpc) is 2.49. The number of ether oxygens (including phenoxy) is 1. The molecule has 0 aliphatic carbocycles. The highest BCUT2D eigenvalue weighted by Crippen LogP contribution is 2.24. The number of amides is 2. The summed E-state index contributed by atoms with van der Waals surface area (Å²) in [5.74, 6) is 0.613. The van der Waals surface area contributed by atoms with Gasteiger partial charge in [-0.1, -0.05) is 25.1 Å². The number of nitrogens with zero attached hydrogens (tertiary/aromatic N) is 1. The lowest BCUT2D eigenvalue weighted by atomic mass is 9.92. The SMILES string of the molecule is CC1CN(C(=O)NCc2cccc3c2CCOC3)C1C. The third-order valence-corrected chi connectivity index (χ3v) is 4.61. The second kappa shape index (κ2) is 5.44. The summed E-state index contributed by atoms with van der Waals surface area (Å²) >= 11 is 0. The van der Waals surface area contributed by atoms with E-state index in [1.54, 1.807) is 0 Å². The van der Waals surface area contributed by atoms with E-state index in [0.717, 1.165) is 19.6 Å². The van der Waals surface area contributed by atoms with E-state index in [0.29, 0.717) is 25.1 Å². The monoisotopic (exact) mass is 274 g/mol. The van der Waals surface area contributed by atoms with Crippen LogP contribution in [0.2, 0.25) is 0 Å². The van der Waals surface area contributed by atoms with Gasteiger partial charge in [0.2, 0.25) is 0 Å². The normalized spacial score (nSPS) is 24.8. The third-order valence-electron chi connectivity index (χ3n) is 4.61. The van der Waals surface area contributed by atoms with Crippen molar-refractivity contribution in [1.29, 1.82) is 0 Å². The number of rotatable bonds is 2. The van der Waals surface area contributed by atoms with E-state index < -0.39 is 0 Å². The first-order chi connectivity index (χ1) is 9.66. The van der Waals surface area contributed by atoms with Crippen molar-refractivity contribution in [3.63, 3.8) is 0 Å². The molecule has 2 amide bonds. The van der Waals surface area contributed by atoms with Gasteiger partial charge in [0.05, 0.1) is 13.2 Å². The third kappa shape index (κ3) is 2.40. The maximum Gasteiger partial charge on any atom is 0.317 e. The number of benzene rings is 1. The predicted molar refractivity (Wildman–Crippen MR) is 77.4 cm³/mol. The first-order valence-electron chi connectivity index (χ1n) is 7.38. The molecule has 0 bridgehead atoms. The second-order valence-corrected chi connectivity index (χ2v) is 5.89. The van der Waals surface area contributed by atoms with Crippen LogP contribution in [0.5, 0.6) is 0 Å². The molecule has 1 aromatic rings. The molecule has 0 spiro atoms. The highest BCUT2D eigenvalue weighted by molar-refractivity contribution is 5.75. The van der Waals surface area contributed by atoms with Crippen LogP contribution in [0.15, 0.2) is 18.2 Å². The van der Waals surface area contributed by atoms with E-state index in [1.807, 2.05) is 11.0 Å². The van der Waals surface area contributed by atoms with Crippen LogP contribution >= 0.6 is 0 Å². The second-order valence-electron chi connectivity index (χ2n) is 5.89. The zero-order valence-corrected chi connectivity index (χ0v) is 12.2. The van der Waals surface area contributed by atoms with E-state index in [1.165, 1.54) is 16.7 Å². The molecule has 2 aliphatic heterocycles. The summed E-state index contributed by atoms with van der Waals surface area (Å²) in [6, 6.07) is 6.67. The van der Waals surface area contributed by atoms with E-state index in [2.05, 4.69) is 31.3 Å². The molecule has 4 nitrogen and oxygen atoms in total. The molecule has 1 aromatic carbocycles. The van der Waals surface area contributed by atoms with E-state index >= 15 is 0 Å². The Bertz CT molecular complexity index is 515. The zero-order valence-electron chi connectivity index (χ0n) is 12.2. The van der Waals surface area contributed by atoms with Crippen LogP contribution in [0.1, 0.15) is 30.5 Å². The fourth-order valence-corrected chi connectivity index (χ4v) is 3.00. The van der Waals surface area contributed by atoms with Crippen molar-refractivity contribution in [1.82, 2.24) is 10.2 Å². The number of likely N-dealkylation sites (tertiary alicyclic amines) is 1. The minimum Gasteiger partial charge on any atom is -0.376 e. The maximum absolute atomic E-state index is 12.1. The molecule has 108 valence electrons. The standard InChI is InChI=1S/C16H22N2O2/c1-11-9-18(12(11)2)16(19)17-8-13-4-3-5-14-10-20-7-6-15(13)14/h3-5,11-12H,6-10H2,1-2H3,(H,17,19). The smallest absolute Gasteiger partial charge is 0.317 e. The van der Waals surface area contributed by atoms with Gasteiger partial charge in [-0.3, -0.25) is 0 Å². The Labute approximate surface area is 120 Å². The van der Waals surface area contributed by atoms with Gasteiger partial charge in [0, 0.05) is 19.1 Å². The van der Waals surface area contributed by atoms with Crippen LogP contribution in [0.25, 0.3) is 0 Å². The number of hydrogen-bond acceptors (Lipinski definition) is 2. The van der Waals surface area contributed by atoms with Gasteiger partial charge in [0.15, 0.2) is 0 Å². The van der Waals surface area contributed by atoms with Crippen molar-refractivity contribution in [2.75, 3.05) is 13.2 Å². The first-order valence-corrected chi connectivity index (χ1v) is 7.38. The number of nitrogens with one attached hydrogen (secondary N) is 1. The number of carbonyl (C=O) groups is 1. The van der Waals surface area contributed by atoms with Crippen molar-refractivity contribution >= 4 is 6.03 Å². The lowest BCUT2D eigenvalue weighted by Crippen LogP contribution is -2.58. The molecule has 3 rings (SSSR count). The van der Waals surface area contributed by atoms with E-state index in [-0.39, 0.29) is 6.03 Å². The maximum atomic E-state index is 12.1. The number of urea groups is 1. The van der Waals surface area contributed by atoms with Crippen LogP contribution in [-0.2, 0) is 24.3 Å². The molecule has 1 saturated heterocycles. The van der Waals surface area contributed by atoms with Gasteiger partial charge >= 0.3 is 6.03 Å². The van der Waals surface area contributed by atoms with Crippen molar-refractivity contribution < 1.29 is 9.53 Å². The topological polar surface area (TPSA) is 41.6 Å². The predicted octanol–water partition coefficient (Wildman–Crippen LogP) is 2.31. The number of hydrogen-bond donors (Lipinski definition) is 1. The Morgan fingerprint density at radius 1 is 1.45 bits per heavy atom. The summed E-state index contributed by atoms with van der Waals surface area (Å²) in [7, 11) is 0. The number of carbonyl (C=O) groups excluding carboxylic acids is 1. The van der Waals surface area contributed by atoms with E-state index in [4.69, 9.17) is 4.74 Å². The molecule has 2 unspecified atom stereocenters. The molecule has 0 radical (unpaired) electrons.